The van der Waals surface area contributed by atoms with Crippen molar-refractivity contribution >= 4 is 5.84 Å². The fourth-order valence-electron chi connectivity index (χ4n) is 1.37. The molecule has 0 unspecified atom stereocenters. The molecule has 0 saturated carbocycles. The number of hydrogen-bond donors (Lipinski definition) is 2. The van der Waals surface area contributed by atoms with E-state index >= 15 is 0 Å². The third-order valence-corrected chi connectivity index (χ3v) is 2.30. The molecule has 0 aromatic carbocycles. The van der Waals surface area contributed by atoms with Crippen LogP contribution in [0.5, 0.6) is 0 Å². The molecule has 0 bridgehead atoms. The Morgan fingerprint density at radius 2 is 2.35 bits per heavy atom. The highest BCUT2D eigenvalue weighted by atomic mass is 16.4. The van der Waals surface area contributed by atoms with Gasteiger partial charge in [-0.1, -0.05) is 11.2 Å². The first-order valence-corrected chi connectivity index (χ1v) is 4.98. The van der Waals surface area contributed by atoms with E-state index in [9.17, 15) is 0 Å². The summed E-state index contributed by atoms with van der Waals surface area (Å²) in [6, 6.07) is 3.85. The quantitative estimate of drug-likeness (QED) is 0.339. The normalized spacial score (nSPS) is 11.7. The molecule has 0 aliphatic rings. The van der Waals surface area contributed by atoms with Crippen molar-refractivity contribution in [2.45, 2.75) is 13.5 Å². The van der Waals surface area contributed by atoms with Gasteiger partial charge in [-0.15, -0.1) is 5.10 Å². The van der Waals surface area contributed by atoms with Gasteiger partial charge in [0, 0.05) is 6.20 Å². The van der Waals surface area contributed by atoms with Gasteiger partial charge in [0.15, 0.2) is 0 Å². The summed E-state index contributed by atoms with van der Waals surface area (Å²) < 4.78 is 1.59. The van der Waals surface area contributed by atoms with Gasteiger partial charge in [-0.05, 0) is 18.6 Å². The maximum absolute atomic E-state index is 8.49. The molecule has 2 heterocycles. The van der Waals surface area contributed by atoms with Crippen molar-refractivity contribution in [1.82, 2.24) is 19.7 Å². The van der Waals surface area contributed by atoms with Crippen LogP contribution in [0.25, 0.3) is 0 Å². The zero-order chi connectivity index (χ0) is 12.3. The maximum atomic E-state index is 8.49. The Kier molecular flexibility index (Phi) is 2.99. The second-order valence-electron chi connectivity index (χ2n) is 3.52. The number of nitrogens with zero attached hydrogens (tertiary/aromatic N) is 5. The van der Waals surface area contributed by atoms with Crippen molar-refractivity contribution in [1.29, 1.82) is 0 Å². The molecule has 7 heteroatoms. The summed E-state index contributed by atoms with van der Waals surface area (Å²) in [5.41, 5.74) is 7.36. The molecule has 0 spiro atoms. The molecule has 88 valence electrons. The first-order chi connectivity index (χ1) is 8.20. The third kappa shape index (κ3) is 2.39. The Hall–Kier alpha value is -2.44. The van der Waals surface area contributed by atoms with E-state index in [1.54, 1.807) is 10.9 Å². The van der Waals surface area contributed by atoms with Crippen LogP contribution in [0.4, 0.5) is 0 Å². The van der Waals surface area contributed by atoms with Gasteiger partial charge in [0.1, 0.15) is 6.33 Å². The van der Waals surface area contributed by atoms with Crippen LogP contribution in [0, 0.1) is 6.92 Å². The largest absolute Gasteiger partial charge is 0.409 e. The lowest BCUT2D eigenvalue weighted by atomic mass is 10.2. The summed E-state index contributed by atoms with van der Waals surface area (Å²) in [5, 5.41) is 15.4. The zero-order valence-electron chi connectivity index (χ0n) is 9.28. The number of hydrogen-bond acceptors (Lipinski definition) is 5. The van der Waals surface area contributed by atoms with Crippen LogP contribution in [0.1, 0.15) is 17.1 Å². The Bertz CT molecular complexity index is 547. The van der Waals surface area contributed by atoms with Crippen molar-refractivity contribution in [3.8, 4) is 0 Å². The number of aromatic nitrogens is 4. The number of amidine groups is 1. The summed E-state index contributed by atoms with van der Waals surface area (Å²) >= 11 is 0. The van der Waals surface area contributed by atoms with Crippen molar-refractivity contribution in [3.05, 3.63) is 41.7 Å². The molecule has 0 radical (unpaired) electrons. The van der Waals surface area contributed by atoms with E-state index in [4.69, 9.17) is 10.9 Å². The minimum Gasteiger partial charge on any atom is -0.409 e. The Morgan fingerprint density at radius 1 is 1.53 bits per heavy atom. The highest BCUT2D eigenvalue weighted by Gasteiger charge is 2.07. The van der Waals surface area contributed by atoms with Gasteiger partial charge < -0.3 is 10.9 Å². The SMILES string of the molecule is Cc1cccnc1Cn1cnc(/C(N)=N/O)n1. The summed E-state index contributed by atoms with van der Waals surface area (Å²) in [4.78, 5) is 8.17. The Morgan fingerprint density at radius 3 is 3.06 bits per heavy atom. The van der Waals surface area contributed by atoms with Crippen LogP contribution < -0.4 is 5.73 Å². The van der Waals surface area contributed by atoms with Gasteiger partial charge in [-0.25, -0.2) is 9.67 Å². The first-order valence-electron chi connectivity index (χ1n) is 4.98. The fourth-order valence-corrected chi connectivity index (χ4v) is 1.37. The Labute approximate surface area is 97.6 Å². The lowest BCUT2D eigenvalue weighted by molar-refractivity contribution is 0.318. The molecule has 0 atom stereocenters. The monoisotopic (exact) mass is 232 g/mol. The van der Waals surface area contributed by atoms with E-state index in [1.807, 2.05) is 19.1 Å². The van der Waals surface area contributed by atoms with E-state index in [-0.39, 0.29) is 11.7 Å². The maximum Gasteiger partial charge on any atom is 0.219 e. The highest BCUT2D eigenvalue weighted by Crippen LogP contribution is 2.04. The van der Waals surface area contributed by atoms with Crippen molar-refractivity contribution in [3.63, 3.8) is 0 Å². The van der Waals surface area contributed by atoms with Crippen LogP contribution in [-0.2, 0) is 6.54 Å². The molecular formula is C10H12N6O. The second-order valence-corrected chi connectivity index (χ2v) is 3.52. The molecule has 2 rings (SSSR count). The van der Waals surface area contributed by atoms with Crippen LogP contribution >= 0.6 is 0 Å². The molecule has 0 aliphatic carbocycles. The molecule has 17 heavy (non-hydrogen) atoms. The van der Waals surface area contributed by atoms with Gasteiger partial charge in [0.05, 0.1) is 12.2 Å². The fraction of sp³-hybridized carbons (Fsp3) is 0.200. The van der Waals surface area contributed by atoms with Gasteiger partial charge in [-0.3, -0.25) is 4.98 Å². The molecule has 0 fully saturated rings. The predicted molar refractivity (Wildman–Crippen MR) is 60.6 cm³/mol. The zero-order valence-corrected chi connectivity index (χ0v) is 9.28. The van der Waals surface area contributed by atoms with E-state index in [0.717, 1.165) is 11.3 Å². The molecule has 2 aromatic heterocycles. The average molecular weight is 232 g/mol. The molecule has 7 nitrogen and oxygen atoms in total. The van der Waals surface area contributed by atoms with Crippen LogP contribution in [0.15, 0.2) is 29.8 Å². The summed E-state index contributed by atoms with van der Waals surface area (Å²) in [5.74, 6) is 0.0857. The van der Waals surface area contributed by atoms with E-state index < -0.39 is 0 Å². The average Bonchev–Trinajstić information content (AvgIpc) is 2.80. The summed E-state index contributed by atoms with van der Waals surface area (Å²) in [6.07, 6.45) is 3.24. The number of nitrogens with two attached hydrogens (primary N) is 1. The van der Waals surface area contributed by atoms with Crippen LogP contribution in [0.3, 0.4) is 0 Å². The highest BCUT2D eigenvalue weighted by molar-refractivity contribution is 5.93. The lowest BCUT2D eigenvalue weighted by Crippen LogP contribution is -2.16. The van der Waals surface area contributed by atoms with Crippen molar-refractivity contribution in [2.75, 3.05) is 0 Å². The standard InChI is InChI=1S/C10H12N6O/c1-7-3-2-4-12-8(7)5-16-6-13-10(14-16)9(11)15-17/h2-4,6,17H,5H2,1H3,(H2,11,15). The molecule has 2 aromatic rings. The predicted octanol–water partition coefficient (Wildman–Crippen LogP) is 0.124. The van der Waals surface area contributed by atoms with Crippen LogP contribution in [-0.4, -0.2) is 30.8 Å². The van der Waals surface area contributed by atoms with Crippen molar-refractivity contribution < 1.29 is 5.21 Å². The molecule has 0 saturated heterocycles. The third-order valence-electron chi connectivity index (χ3n) is 2.30. The minimum absolute atomic E-state index is 0.110. The van der Waals surface area contributed by atoms with Crippen molar-refractivity contribution in [2.24, 2.45) is 10.9 Å². The Balaban J connectivity index is 2.20. The molecular weight excluding hydrogens is 220 g/mol. The van der Waals surface area contributed by atoms with E-state index in [1.165, 1.54) is 6.33 Å². The molecule has 3 N–H and O–H groups in total. The van der Waals surface area contributed by atoms with Crippen LogP contribution in [0.2, 0.25) is 0 Å². The number of aryl methyl sites for hydroxylation is 1. The summed E-state index contributed by atoms with van der Waals surface area (Å²) in [7, 11) is 0. The minimum atomic E-state index is -0.110. The summed E-state index contributed by atoms with van der Waals surface area (Å²) in [6.45, 7) is 2.47. The van der Waals surface area contributed by atoms with Gasteiger partial charge in [-0.2, -0.15) is 0 Å². The first kappa shape index (κ1) is 11.1. The topological polar surface area (TPSA) is 102 Å². The second kappa shape index (κ2) is 4.60. The van der Waals surface area contributed by atoms with Gasteiger partial charge in [0.2, 0.25) is 11.7 Å². The number of rotatable bonds is 3. The van der Waals surface area contributed by atoms with E-state index in [2.05, 4.69) is 20.2 Å². The molecule has 0 aliphatic heterocycles. The van der Waals surface area contributed by atoms with Gasteiger partial charge >= 0.3 is 0 Å². The lowest BCUT2D eigenvalue weighted by Gasteiger charge is -2.03. The number of pyridine rings is 1. The number of oxime groups is 1. The molecule has 0 amide bonds. The van der Waals surface area contributed by atoms with Gasteiger partial charge in [0.25, 0.3) is 0 Å². The smallest absolute Gasteiger partial charge is 0.219 e. The van der Waals surface area contributed by atoms with E-state index in [0.29, 0.717) is 6.54 Å².